The number of nitrogens with zero attached hydrogens (tertiary/aromatic N) is 3. The predicted molar refractivity (Wildman–Crippen MR) is 131 cm³/mol. The van der Waals surface area contributed by atoms with E-state index >= 15 is 0 Å². The average molecular weight is 470 g/mol. The SMILES string of the molecule is C[C@@H]1CN([C@H](C)CO)C(=O)c2cccc(N(C)C)c2O[C@@H]1CN(C)Cc1ccc2c(c1)OCO2. The Balaban J connectivity index is 1.60. The van der Waals surface area contributed by atoms with Crippen molar-refractivity contribution in [2.45, 2.75) is 32.5 Å². The van der Waals surface area contributed by atoms with Crippen LogP contribution in [-0.2, 0) is 6.54 Å². The Labute approximate surface area is 201 Å². The quantitative estimate of drug-likeness (QED) is 0.668. The van der Waals surface area contributed by atoms with Crippen LogP contribution < -0.4 is 19.1 Å². The van der Waals surface area contributed by atoms with E-state index < -0.39 is 0 Å². The lowest BCUT2D eigenvalue weighted by atomic mass is 9.98. The van der Waals surface area contributed by atoms with Gasteiger partial charge in [-0.2, -0.15) is 0 Å². The van der Waals surface area contributed by atoms with Crippen molar-refractivity contribution < 1.29 is 24.1 Å². The lowest BCUT2D eigenvalue weighted by molar-refractivity contribution is 0.0343. The first-order valence-electron chi connectivity index (χ1n) is 11.7. The third kappa shape index (κ3) is 4.93. The summed E-state index contributed by atoms with van der Waals surface area (Å²) in [5.41, 5.74) is 2.52. The average Bonchev–Trinajstić information content (AvgIpc) is 3.28. The highest BCUT2D eigenvalue weighted by molar-refractivity contribution is 5.99. The molecule has 2 aromatic carbocycles. The molecule has 0 bridgehead atoms. The normalized spacial score (nSPS) is 20.4. The zero-order valence-corrected chi connectivity index (χ0v) is 20.7. The van der Waals surface area contributed by atoms with Crippen LogP contribution in [0, 0.1) is 5.92 Å². The number of carbonyl (C=O) groups is 1. The van der Waals surface area contributed by atoms with Crippen LogP contribution in [0.25, 0.3) is 0 Å². The minimum Gasteiger partial charge on any atom is -0.486 e. The molecule has 184 valence electrons. The first-order chi connectivity index (χ1) is 16.3. The summed E-state index contributed by atoms with van der Waals surface area (Å²) < 4.78 is 17.6. The molecule has 2 heterocycles. The number of benzene rings is 2. The van der Waals surface area contributed by atoms with Gasteiger partial charge in [0.05, 0.1) is 23.9 Å². The first-order valence-corrected chi connectivity index (χ1v) is 11.7. The highest BCUT2D eigenvalue weighted by Gasteiger charge is 2.34. The van der Waals surface area contributed by atoms with E-state index in [0.717, 1.165) is 29.3 Å². The van der Waals surface area contributed by atoms with Gasteiger partial charge in [-0.3, -0.25) is 9.69 Å². The third-order valence-electron chi connectivity index (χ3n) is 6.53. The summed E-state index contributed by atoms with van der Waals surface area (Å²) in [6.45, 7) is 6.06. The van der Waals surface area contributed by atoms with Crippen LogP contribution in [0.15, 0.2) is 36.4 Å². The molecular formula is C26H35N3O5. The molecule has 2 aliphatic rings. The number of hydrogen-bond donors (Lipinski definition) is 1. The lowest BCUT2D eigenvalue weighted by Crippen LogP contribution is -2.49. The molecule has 34 heavy (non-hydrogen) atoms. The van der Waals surface area contributed by atoms with Gasteiger partial charge in [0.15, 0.2) is 17.2 Å². The molecule has 8 heteroatoms. The molecule has 3 atom stereocenters. The fourth-order valence-corrected chi connectivity index (χ4v) is 4.52. The molecule has 2 aromatic rings. The standard InChI is InChI=1S/C26H35N3O5/c1-17-12-29(18(2)15-30)26(31)20-7-6-8-21(27(3)4)25(20)34-24(17)14-28(5)13-19-9-10-22-23(11-19)33-16-32-22/h6-11,17-18,24,30H,12-16H2,1-5H3/t17-,18-,24-/m1/s1. The molecule has 0 unspecified atom stereocenters. The predicted octanol–water partition coefficient (Wildman–Crippen LogP) is 2.83. The van der Waals surface area contributed by atoms with Gasteiger partial charge in [0.2, 0.25) is 6.79 Å². The molecule has 0 aromatic heterocycles. The summed E-state index contributed by atoms with van der Waals surface area (Å²) in [6, 6.07) is 11.4. The Kier molecular flexibility index (Phi) is 7.19. The van der Waals surface area contributed by atoms with Crippen LogP contribution in [0.1, 0.15) is 29.8 Å². The van der Waals surface area contributed by atoms with Crippen LogP contribution in [0.3, 0.4) is 0 Å². The summed E-state index contributed by atoms with van der Waals surface area (Å²) in [5.74, 6) is 2.09. The number of hydrogen-bond acceptors (Lipinski definition) is 7. The topological polar surface area (TPSA) is 74.7 Å². The second-order valence-electron chi connectivity index (χ2n) is 9.56. The molecule has 4 rings (SSSR count). The van der Waals surface area contributed by atoms with Gasteiger partial charge in [-0.25, -0.2) is 0 Å². The van der Waals surface area contributed by atoms with Crippen molar-refractivity contribution in [1.29, 1.82) is 0 Å². The minimum atomic E-state index is -0.282. The molecule has 2 aliphatic heterocycles. The van der Waals surface area contributed by atoms with Crippen molar-refractivity contribution in [2.24, 2.45) is 5.92 Å². The van der Waals surface area contributed by atoms with E-state index in [1.165, 1.54) is 0 Å². The Hall–Kier alpha value is -2.97. The number of para-hydroxylation sites is 1. The van der Waals surface area contributed by atoms with E-state index in [-0.39, 0.29) is 37.4 Å². The fourth-order valence-electron chi connectivity index (χ4n) is 4.52. The number of likely N-dealkylation sites (N-methyl/N-ethyl adjacent to an activating group) is 1. The molecule has 1 amide bonds. The van der Waals surface area contributed by atoms with Gasteiger partial charge in [0, 0.05) is 39.6 Å². The molecule has 0 saturated heterocycles. The van der Waals surface area contributed by atoms with E-state index in [9.17, 15) is 9.90 Å². The Bertz CT molecular complexity index is 1030. The number of rotatable bonds is 7. The molecule has 0 aliphatic carbocycles. The monoisotopic (exact) mass is 469 g/mol. The van der Waals surface area contributed by atoms with E-state index in [2.05, 4.69) is 24.9 Å². The van der Waals surface area contributed by atoms with Crippen LogP contribution in [0.2, 0.25) is 0 Å². The van der Waals surface area contributed by atoms with Crippen molar-refractivity contribution in [3.05, 3.63) is 47.5 Å². The maximum absolute atomic E-state index is 13.5. The van der Waals surface area contributed by atoms with Gasteiger partial charge in [-0.05, 0) is 43.8 Å². The highest BCUT2D eigenvalue weighted by atomic mass is 16.7. The largest absolute Gasteiger partial charge is 0.486 e. The summed E-state index contributed by atoms with van der Waals surface area (Å²) in [6.07, 6.45) is -0.152. The summed E-state index contributed by atoms with van der Waals surface area (Å²) >= 11 is 0. The van der Waals surface area contributed by atoms with Crippen LogP contribution in [0.5, 0.6) is 17.2 Å². The molecule has 0 radical (unpaired) electrons. The highest BCUT2D eigenvalue weighted by Crippen LogP contribution is 2.36. The summed E-state index contributed by atoms with van der Waals surface area (Å²) in [4.78, 5) is 19.4. The van der Waals surface area contributed by atoms with Gasteiger partial charge in [0.25, 0.3) is 5.91 Å². The van der Waals surface area contributed by atoms with Gasteiger partial charge in [-0.1, -0.05) is 19.1 Å². The van der Waals surface area contributed by atoms with Crippen LogP contribution >= 0.6 is 0 Å². The Morgan fingerprint density at radius 2 is 1.91 bits per heavy atom. The second kappa shape index (κ2) is 10.1. The zero-order valence-electron chi connectivity index (χ0n) is 20.7. The lowest BCUT2D eigenvalue weighted by Gasteiger charge is -2.39. The van der Waals surface area contributed by atoms with E-state index in [4.69, 9.17) is 14.2 Å². The molecule has 0 saturated carbocycles. The molecule has 0 fully saturated rings. The van der Waals surface area contributed by atoms with Gasteiger partial charge in [0.1, 0.15) is 6.10 Å². The summed E-state index contributed by atoms with van der Waals surface area (Å²) in [5, 5.41) is 9.83. The van der Waals surface area contributed by atoms with E-state index in [1.807, 2.05) is 56.3 Å². The maximum Gasteiger partial charge on any atom is 0.258 e. The van der Waals surface area contributed by atoms with Crippen LogP contribution in [0.4, 0.5) is 5.69 Å². The molecule has 0 spiro atoms. The Morgan fingerprint density at radius 1 is 1.15 bits per heavy atom. The number of fused-ring (bicyclic) bond motifs is 2. The molecular weight excluding hydrogens is 434 g/mol. The second-order valence-corrected chi connectivity index (χ2v) is 9.56. The first kappa shape index (κ1) is 24.2. The van der Waals surface area contributed by atoms with Crippen molar-refractivity contribution in [2.75, 3.05) is 52.5 Å². The maximum atomic E-state index is 13.5. The fraction of sp³-hybridized carbons (Fsp3) is 0.500. The number of ether oxygens (including phenoxy) is 3. The van der Waals surface area contributed by atoms with Gasteiger partial charge < -0.3 is 29.1 Å². The minimum absolute atomic E-state index is 0.0560. The number of anilines is 1. The van der Waals surface area contributed by atoms with Crippen LogP contribution in [-0.4, -0.2) is 80.6 Å². The smallest absolute Gasteiger partial charge is 0.258 e. The molecule has 8 nitrogen and oxygen atoms in total. The zero-order chi connectivity index (χ0) is 24.4. The number of carbonyl (C=O) groups excluding carboxylic acids is 1. The van der Waals surface area contributed by atoms with Crippen molar-refractivity contribution in [3.8, 4) is 17.2 Å². The van der Waals surface area contributed by atoms with Crippen molar-refractivity contribution >= 4 is 11.6 Å². The number of aliphatic hydroxyl groups excluding tert-OH is 1. The van der Waals surface area contributed by atoms with E-state index in [1.54, 1.807) is 4.90 Å². The number of aliphatic hydroxyl groups is 1. The Morgan fingerprint density at radius 3 is 2.65 bits per heavy atom. The van der Waals surface area contributed by atoms with Crippen molar-refractivity contribution in [1.82, 2.24) is 9.80 Å². The van der Waals surface area contributed by atoms with E-state index in [0.29, 0.717) is 24.4 Å². The van der Waals surface area contributed by atoms with Gasteiger partial charge in [-0.15, -0.1) is 0 Å². The summed E-state index contributed by atoms with van der Waals surface area (Å²) in [7, 11) is 5.96. The molecule has 1 N–H and O–H groups in total. The number of amides is 1. The van der Waals surface area contributed by atoms with Crippen molar-refractivity contribution in [3.63, 3.8) is 0 Å². The van der Waals surface area contributed by atoms with Gasteiger partial charge >= 0.3 is 0 Å². The third-order valence-corrected chi connectivity index (χ3v) is 6.53.